The maximum absolute atomic E-state index is 5.65. The molecule has 1 saturated carbocycles. The molecular formula is C9H17NO. The van der Waals surface area contributed by atoms with Gasteiger partial charge in [-0.1, -0.05) is 0 Å². The molecule has 0 aromatic carbocycles. The van der Waals surface area contributed by atoms with Gasteiger partial charge in [-0.05, 0) is 32.7 Å². The van der Waals surface area contributed by atoms with Crippen LogP contribution in [0.5, 0.6) is 0 Å². The lowest BCUT2D eigenvalue weighted by Crippen LogP contribution is -2.41. The first kappa shape index (κ1) is 7.56. The summed E-state index contributed by atoms with van der Waals surface area (Å²) >= 11 is 0. The van der Waals surface area contributed by atoms with E-state index < -0.39 is 0 Å². The van der Waals surface area contributed by atoms with Crippen molar-refractivity contribution in [3.8, 4) is 0 Å². The average Bonchev–Trinajstić information content (AvgIpc) is 2.50. The number of rotatable bonds is 1. The Kier molecular flexibility index (Phi) is 2.14. The monoisotopic (exact) mass is 155 g/mol. The summed E-state index contributed by atoms with van der Waals surface area (Å²) in [6, 6.07) is 0.733. The fourth-order valence-corrected chi connectivity index (χ4v) is 2.53. The van der Waals surface area contributed by atoms with Crippen LogP contribution in [-0.4, -0.2) is 25.8 Å². The minimum atomic E-state index is 0.584. The SMILES string of the molecule is CN[C@@H]1CCC[C@@H]2OCC[C@@H]21. The smallest absolute Gasteiger partial charge is 0.0619 e. The highest BCUT2D eigenvalue weighted by Gasteiger charge is 2.36. The van der Waals surface area contributed by atoms with Gasteiger partial charge in [0.15, 0.2) is 0 Å². The zero-order valence-corrected chi connectivity index (χ0v) is 7.18. The zero-order valence-electron chi connectivity index (χ0n) is 7.18. The summed E-state index contributed by atoms with van der Waals surface area (Å²) in [6.45, 7) is 0.994. The Morgan fingerprint density at radius 2 is 2.18 bits per heavy atom. The quantitative estimate of drug-likeness (QED) is 0.613. The predicted molar refractivity (Wildman–Crippen MR) is 44.5 cm³/mol. The molecule has 0 aromatic heterocycles. The molecule has 2 rings (SSSR count). The summed E-state index contributed by atoms with van der Waals surface area (Å²) in [5.41, 5.74) is 0. The molecule has 1 heterocycles. The molecule has 2 fully saturated rings. The standard InChI is InChI=1S/C9H17NO/c1-10-8-3-2-4-9-7(8)5-6-11-9/h7-10H,2-6H2,1H3/t7-,8-,9+/m1/s1. The molecule has 2 nitrogen and oxygen atoms in total. The van der Waals surface area contributed by atoms with Gasteiger partial charge in [0.1, 0.15) is 0 Å². The van der Waals surface area contributed by atoms with Crippen molar-refractivity contribution in [2.24, 2.45) is 5.92 Å². The van der Waals surface area contributed by atoms with E-state index >= 15 is 0 Å². The summed E-state index contributed by atoms with van der Waals surface area (Å²) in [5, 5.41) is 3.40. The Hall–Kier alpha value is -0.0800. The molecule has 0 radical (unpaired) electrons. The molecule has 0 amide bonds. The Labute approximate surface area is 68.3 Å². The first-order valence-electron chi connectivity index (χ1n) is 4.70. The van der Waals surface area contributed by atoms with Crippen molar-refractivity contribution in [3.05, 3.63) is 0 Å². The van der Waals surface area contributed by atoms with E-state index in [0.717, 1.165) is 18.6 Å². The zero-order chi connectivity index (χ0) is 7.68. The third kappa shape index (κ3) is 1.30. The fourth-order valence-electron chi connectivity index (χ4n) is 2.53. The lowest BCUT2D eigenvalue weighted by Gasteiger charge is -2.32. The maximum Gasteiger partial charge on any atom is 0.0619 e. The van der Waals surface area contributed by atoms with Gasteiger partial charge in [-0.25, -0.2) is 0 Å². The van der Waals surface area contributed by atoms with Gasteiger partial charge in [-0.15, -0.1) is 0 Å². The van der Waals surface area contributed by atoms with Crippen LogP contribution in [0.3, 0.4) is 0 Å². The number of hydrogen-bond donors (Lipinski definition) is 1. The van der Waals surface area contributed by atoms with Crippen molar-refractivity contribution in [2.75, 3.05) is 13.7 Å². The molecule has 1 saturated heterocycles. The second-order valence-electron chi connectivity index (χ2n) is 3.69. The fraction of sp³-hybridized carbons (Fsp3) is 1.00. The molecular weight excluding hydrogens is 138 g/mol. The molecule has 2 aliphatic rings. The van der Waals surface area contributed by atoms with Crippen LogP contribution >= 0.6 is 0 Å². The molecule has 0 spiro atoms. The normalized spacial score (nSPS) is 43.9. The van der Waals surface area contributed by atoms with E-state index in [0.29, 0.717) is 6.10 Å². The van der Waals surface area contributed by atoms with Crippen molar-refractivity contribution < 1.29 is 4.74 Å². The largest absolute Gasteiger partial charge is 0.378 e. The van der Waals surface area contributed by atoms with E-state index in [1.165, 1.54) is 25.7 Å². The molecule has 11 heavy (non-hydrogen) atoms. The van der Waals surface area contributed by atoms with Gasteiger partial charge >= 0.3 is 0 Å². The molecule has 3 atom stereocenters. The molecule has 0 unspecified atom stereocenters. The molecule has 1 aliphatic carbocycles. The minimum Gasteiger partial charge on any atom is -0.378 e. The summed E-state index contributed by atoms with van der Waals surface area (Å²) < 4.78 is 5.65. The van der Waals surface area contributed by atoms with Gasteiger partial charge in [0.2, 0.25) is 0 Å². The lowest BCUT2D eigenvalue weighted by molar-refractivity contribution is 0.0546. The molecule has 1 N–H and O–H groups in total. The summed E-state index contributed by atoms with van der Waals surface area (Å²) in [7, 11) is 2.07. The van der Waals surface area contributed by atoms with Gasteiger partial charge in [-0.2, -0.15) is 0 Å². The first-order chi connectivity index (χ1) is 5.42. The number of ether oxygens (including phenoxy) is 1. The van der Waals surface area contributed by atoms with E-state index in [-0.39, 0.29) is 0 Å². The Balaban J connectivity index is 2.00. The predicted octanol–water partition coefficient (Wildman–Crippen LogP) is 1.16. The topological polar surface area (TPSA) is 21.3 Å². The minimum absolute atomic E-state index is 0.584. The molecule has 64 valence electrons. The van der Waals surface area contributed by atoms with Gasteiger partial charge in [0.25, 0.3) is 0 Å². The Morgan fingerprint density at radius 1 is 1.27 bits per heavy atom. The highest BCUT2D eigenvalue weighted by molar-refractivity contribution is 4.89. The van der Waals surface area contributed by atoms with Crippen LogP contribution in [0.25, 0.3) is 0 Å². The van der Waals surface area contributed by atoms with Crippen LogP contribution in [0.2, 0.25) is 0 Å². The van der Waals surface area contributed by atoms with Crippen LogP contribution in [-0.2, 0) is 4.74 Å². The maximum atomic E-state index is 5.65. The van der Waals surface area contributed by atoms with Crippen LogP contribution < -0.4 is 5.32 Å². The van der Waals surface area contributed by atoms with Crippen LogP contribution in [0.4, 0.5) is 0 Å². The van der Waals surface area contributed by atoms with E-state index in [9.17, 15) is 0 Å². The van der Waals surface area contributed by atoms with E-state index in [1.807, 2.05) is 0 Å². The molecule has 2 heteroatoms. The highest BCUT2D eigenvalue weighted by atomic mass is 16.5. The highest BCUT2D eigenvalue weighted by Crippen LogP contribution is 2.33. The summed E-state index contributed by atoms with van der Waals surface area (Å²) in [6.07, 6.45) is 5.84. The van der Waals surface area contributed by atoms with Crippen LogP contribution in [0, 0.1) is 5.92 Å². The Bertz CT molecular complexity index is 138. The first-order valence-corrected chi connectivity index (χ1v) is 4.70. The third-order valence-electron chi connectivity index (χ3n) is 3.15. The molecule has 0 aromatic rings. The molecule has 1 aliphatic heterocycles. The van der Waals surface area contributed by atoms with Crippen molar-refractivity contribution in [2.45, 2.75) is 37.8 Å². The number of hydrogen-bond acceptors (Lipinski definition) is 2. The Morgan fingerprint density at radius 3 is 3.00 bits per heavy atom. The van der Waals surface area contributed by atoms with Crippen molar-refractivity contribution in [3.63, 3.8) is 0 Å². The van der Waals surface area contributed by atoms with Crippen LogP contribution in [0.1, 0.15) is 25.7 Å². The van der Waals surface area contributed by atoms with E-state index in [2.05, 4.69) is 12.4 Å². The van der Waals surface area contributed by atoms with E-state index in [4.69, 9.17) is 4.74 Å². The van der Waals surface area contributed by atoms with Gasteiger partial charge in [0.05, 0.1) is 6.10 Å². The summed E-state index contributed by atoms with van der Waals surface area (Å²) in [4.78, 5) is 0. The third-order valence-corrected chi connectivity index (χ3v) is 3.15. The van der Waals surface area contributed by atoms with Gasteiger partial charge in [0, 0.05) is 18.6 Å². The number of nitrogens with one attached hydrogen (secondary N) is 1. The van der Waals surface area contributed by atoms with Gasteiger partial charge in [-0.3, -0.25) is 0 Å². The second-order valence-corrected chi connectivity index (χ2v) is 3.69. The number of fused-ring (bicyclic) bond motifs is 1. The average molecular weight is 155 g/mol. The molecule has 0 bridgehead atoms. The van der Waals surface area contributed by atoms with E-state index in [1.54, 1.807) is 0 Å². The lowest BCUT2D eigenvalue weighted by atomic mass is 9.82. The summed E-state index contributed by atoms with van der Waals surface area (Å²) in [5.74, 6) is 0.814. The van der Waals surface area contributed by atoms with Crippen molar-refractivity contribution >= 4 is 0 Å². The second kappa shape index (κ2) is 3.11. The van der Waals surface area contributed by atoms with Crippen molar-refractivity contribution in [1.29, 1.82) is 0 Å². The van der Waals surface area contributed by atoms with Crippen molar-refractivity contribution in [1.82, 2.24) is 5.32 Å². The van der Waals surface area contributed by atoms with Gasteiger partial charge < -0.3 is 10.1 Å². The van der Waals surface area contributed by atoms with Crippen LogP contribution in [0.15, 0.2) is 0 Å².